The third-order valence-electron chi connectivity index (χ3n) is 2.96. The Labute approximate surface area is 94.0 Å². The molecule has 0 unspecified atom stereocenters. The van der Waals surface area contributed by atoms with Crippen molar-refractivity contribution in [1.82, 2.24) is 4.98 Å². The van der Waals surface area contributed by atoms with Crippen LogP contribution in [-0.4, -0.2) is 16.6 Å². The molecule has 16 heavy (non-hydrogen) atoms. The highest BCUT2D eigenvalue weighted by atomic mass is 16.2. The molecule has 2 aliphatic rings. The molecule has 0 spiro atoms. The molecule has 4 heteroatoms. The van der Waals surface area contributed by atoms with Crippen LogP contribution in [0.25, 0.3) is 0 Å². The molecule has 1 saturated carbocycles. The Balaban J connectivity index is 1.91. The fraction of sp³-hybridized carbons (Fsp3) is 0.417. The summed E-state index contributed by atoms with van der Waals surface area (Å²) in [6, 6.07) is 3.80. The van der Waals surface area contributed by atoms with Crippen molar-refractivity contribution in [2.45, 2.75) is 26.2 Å². The van der Waals surface area contributed by atoms with Crippen LogP contribution in [0.4, 0.5) is 5.82 Å². The number of hydrogen-bond donors (Lipinski definition) is 0. The topological polar surface area (TPSA) is 45.6 Å². The van der Waals surface area contributed by atoms with Crippen molar-refractivity contribution in [2.75, 3.05) is 5.01 Å². The Kier molecular flexibility index (Phi) is 2.02. The van der Waals surface area contributed by atoms with Crippen LogP contribution in [0.15, 0.2) is 23.4 Å². The van der Waals surface area contributed by atoms with Gasteiger partial charge in [0.1, 0.15) is 0 Å². The summed E-state index contributed by atoms with van der Waals surface area (Å²) in [5.41, 5.74) is 2.13. The van der Waals surface area contributed by atoms with Gasteiger partial charge in [0.25, 0.3) is 5.91 Å². The van der Waals surface area contributed by atoms with E-state index in [0.29, 0.717) is 18.2 Å². The first kappa shape index (κ1) is 9.51. The molecule has 1 fully saturated rings. The van der Waals surface area contributed by atoms with E-state index in [-0.39, 0.29) is 5.91 Å². The van der Waals surface area contributed by atoms with Gasteiger partial charge >= 0.3 is 0 Å². The van der Waals surface area contributed by atoms with E-state index in [2.05, 4.69) is 10.1 Å². The van der Waals surface area contributed by atoms with E-state index in [1.165, 1.54) is 17.9 Å². The number of hydrazone groups is 1. The number of amides is 1. The maximum atomic E-state index is 11.8. The average Bonchev–Trinajstić information content (AvgIpc) is 3.02. The molecule has 0 aromatic carbocycles. The van der Waals surface area contributed by atoms with Gasteiger partial charge in [0, 0.05) is 6.20 Å². The van der Waals surface area contributed by atoms with Gasteiger partial charge < -0.3 is 0 Å². The van der Waals surface area contributed by atoms with E-state index >= 15 is 0 Å². The first-order valence-corrected chi connectivity index (χ1v) is 5.57. The van der Waals surface area contributed by atoms with Crippen LogP contribution < -0.4 is 5.01 Å². The highest BCUT2D eigenvalue weighted by Crippen LogP contribution is 2.35. The monoisotopic (exact) mass is 215 g/mol. The number of nitrogens with zero attached hydrogens (tertiary/aromatic N) is 3. The van der Waals surface area contributed by atoms with Gasteiger partial charge in [0.05, 0.1) is 12.1 Å². The summed E-state index contributed by atoms with van der Waals surface area (Å²) >= 11 is 0. The Morgan fingerprint density at radius 2 is 2.25 bits per heavy atom. The second-order valence-corrected chi connectivity index (χ2v) is 4.44. The molecule has 1 aromatic rings. The van der Waals surface area contributed by atoms with E-state index in [0.717, 1.165) is 11.3 Å². The van der Waals surface area contributed by atoms with E-state index in [1.807, 2.05) is 19.1 Å². The van der Waals surface area contributed by atoms with Gasteiger partial charge in [0.2, 0.25) is 0 Å². The standard InChI is InChI=1S/C12H13N3O/c1-8-4-5-13-11(6-8)15-12(16)7-10(14-15)9-2-3-9/h4-6,9H,2-3,7H2,1H3. The van der Waals surface area contributed by atoms with Crippen molar-refractivity contribution in [1.29, 1.82) is 0 Å². The van der Waals surface area contributed by atoms with Crippen LogP contribution in [-0.2, 0) is 4.79 Å². The zero-order valence-corrected chi connectivity index (χ0v) is 9.18. The number of carbonyl (C=O) groups excluding carboxylic acids is 1. The van der Waals surface area contributed by atoms with E-state index < -0.39 is 0 Å². The van der Waals surface area contributed by atoms with Crippen molar-refractivity contribution >= 4 is 17.4 Å². The highest BCUT2D eigenvalue weighted by Gasteiger charge is 2.35. The fourth-order valence-corrected chi connectivity index (χ4v) is 1.91. The summed E-state index contributed by atoms with van der Waals surface area (Å²) in [6.45, 7) is 1.98. The number of anilines is 1. The maximum Gasteiger partial charge on any atom is 0.254 e. The van der Waals surface area contributed by atoms with Crippen LogP contribution in [0.3, 0.4) is 0 Å². The van der Waals surface area contributed by atoms with Crippen LogP contribution in [0.1, 0.15) is 24.8 Å². The van der Waals surface area contributed by atoms with Crippen molar-refractivity contribution in [3.63, 3.8) is 0 Å². The molecule has 0 saturated heterocycles. The Hall–Kier alpha value is -1.71. The smallest absolute Gasteiger partial charge is 0.254 e. The highest BCUT2D eigenvalue weighted by molar-refractivity contribution is 6.13. The molecule has 82 valence electrons. The lowest BCUT2D eigenvalue weighted by Crippen LogP contribution is -2.20. The van der Waals surface area contributed by atoms with Gasteiger partial charge in [0.15, 0.2) is 5.82 Å². The molecule has 0 radical (unpaired) electrons. The third-order valence-corrected chi connectivity index (χ3v) is 2.96. The van der Waals surface area contributed by atoms with Gasteiger partial charge in [-0.15, -0.1) is 0 Å². The number of aryl methyl sites for hydroxylation is 1. The van der Waals surface area contributed by atoms with E-state index in [1.54, 1.807) is 6.20 Å². The van der Waals surface area contributed by atoms with Crippen molar-refractivity contribution < 1.29 is 4.79 Å². The van der Waals surface area contributed by atoms with E-state index in [9.17, 15) is 4.79 Å². The minimum Gasteiger partial charge on any atom is -0.272 e. The second-order valence-electron chi connectivity index (χ2n) is 4.44. The molecule has 1 aliphatic carbocycles. The van der Waals surface area contributed by atoms with Crippen molar-refractivity contribution in [2.24, 2.45) is 11.0 Å². The zero-order valence-electron chi connectivity index (χ0n) is 9.18. The summed E-state index contributed by atoms with van der Waals surface area (Å²) in [5.74, 6) is 1.24. The van der Waals surface area contributed by atoms with Gasteiger partial charge in [-0.2, -0.15) is 10.1 Å². The lowest BCUT2D eigenvalue weighted by atomic mass is 10.2. The summed E-state index contributed by atoms with van der Waals surface area (Å²) in [4.78, 5) is 16.0. The minimum atomic E-state index is 0.0417. The first-order valence-electron chi connectivity index (χ1n) is 5.57. The Morgan fingerprint density at radius 3 is 2.94 bits per heavy atom. The zero-order chi connectivity index (χ0) is 11.1. The van der Waals surface area contributed by atoms with Crippen LogP contribution >= 0.6 is 0 Å². The number of aromatic nitrogens is 1. The lowest BCUT2D eigenvalue weighted by Gasteiger charge is -2.10. The minimum absolute atomic E-state index is 0.0417. The predicted octanol–water partition coefficient (Wildman–Crippen LogP) is 1.89. The molecule has 0 bridgehead atoms. The Bertz CT molecular complexity index is 477. The predicted molar refractivity (Wildman–Crippen MR) is 61.2 cm³/mol. The quantitative estimate of drug-likeness (QED) is 0.756. The summed E-state index contributed by atoms with van der Waals surface area (Å²) < 4.78 is 0. The molecular formula is C12H13N3O. The molecule has 0 N–H and O–H groups in total. The van der Waals surface area contributed by atoms with Gasteiger partial charge in [-0.1, -0.05) is 0 Å². The van der Waals surface area contributed by atoms with E-state index in [4.69, 9.17) is 0 Å². The molecule has 1 aromatic heterocycles. The number of carbonyl (C=O) groups is 1. The average molecular weight is 215 g/mol. The molecule has 2 heterocycles. The second kappa shape index (κ2) is 3.40. The summed E-state index contributed by atoms with van der Waals surface area (Å²) in [5, 5.41) is 5.83. The van der Waals surface area contributed by atoms with Crippen LogP contribution in [0, 0.1) is 12.8 Å². The number of rotatable bonds is 2. The largest absolute Gasteiger partial charge is 0.272 e. The molecular weight excluding hydrogens is 202 g/mol. The first-order chi connectivity index (χ1) is 7.74. The molecule has 4 nitrogen and oxygen atoms in total. The van der Waals surface area contributed by atoms with Gasteiger partial charge in [-0.25, -0.2) is 4.98 Å². The number of hydrogen-bond acceptors (Lipinski definition) is 3. The maximum absolute atomic E-state index is 11.8. The number of pyridine rings is 1. The normalized spacial score (nSPS) is 20.2. The SMILES string of the molecule is Cc1ccnc(N2N=C(C3CC3)CC2=O)c1. The van der Waals surface area contributed by atoms with Crippen molar-refractivity contribution in [3.05, 3.63) is 23.9 Å². The van der Waals surface area contributed by atoms with Crippen LogP contribution in [0.5, 0.6) is 0 Å². The molecule has 1 aliphatic heterocycles. The molecule has 3 rings (SSSR count). The van der Waals surface area contributed by atoms with Gasteiger partial charge in [-0.3, -0.25) is 4.79 Å². The third kappa shape index (κ3) is 1.60. The van der Waals surface area contributed by atoms with Crippen molar-refractivity contribution in [3.8, 4) is 0 Å². The van der Waals surface area contributed by atoms with Gasteiger partial charge in [-0.05, 0) is 43.4 Å². The Morgan fingerprint density at radius 1 is 1.44 bits per heavy atom. The lowest BCUT2D eigenvalue weighted by molar-refractivity contribution is -0.116. The summed E-state index contributed by atoms with van der Waals surface area (Å²) in [6.07, 6.45) is 4.55. The molecule has 0 atom stereocenters. The fourth-order valence-electron chi connectivity index (χ4n) is 1.91. The molecule has 1 amide bonds. The van der Waals surface area contributed by atoms with Crippen LogP contribution in [0.2, 0.25) is 0 Å². The summed E-state index contributed by atoms with van der Waals surface area (Å²) in [7, 11) is 0.